The average Bonchev–Trinajstić information content (AvgIpc) is 2.75. The van der Waals surface area contributed by atoms with E-state index in [0.717, 1.165) is 17.7 Å². The van der Waals surface area contributed by atoms with Crippen molar-refractivity contribution in [1.82, 2.24) is 25.3 Å². The van der Waals surface area contributed by atoms with Crippen LogP contribution in [0.25, 0.3) is 0 Å². The molecule has 1 aliphatic rings. The smallest absolute Gasteiger partial charge is 0.410 e. The van der Waals surface area contributed by atoms with E-state index in [-0.39, 0.29) is 29.6 Å². The molecule has 184 valence electrons. The lowest BCUT2D eigenvalue weighted by atomic mass is 10.0. The fourth-order valence-corrected chi connectivity index (χ4v) is 3.63. The van der Waals surface area contributed by atoms with Gasteiger partial charge in [0.2, 0.25) is 0 Å². The summed E-state index contributed by atoms with van der Waals surface area (Å²) in [6.07, 6.45) is 2.53. The zero-order valence-electron chi connectivity index (χ0n) is 20.4. The van der Waals surface area contributed by atoms with Gasteiger partial charge in [-0.2, -0.15) is 11.8 Å². The molecule has 0 saturated carbocycles. The number of hydrogen-bond donors (Lipinski definition) is 2. The molecule has 2 N–H and O–H groups in total. The Kier molecular flexibility index (Phi) is 9.75. The van der Waals surface area contributed by atoms with Crippen molar-refractivity contribution >= 4 is 35.6 Å². The predicted octanol–water partition coefficient (Wildman–Crippen LogP) is 3.17. The van der Waals surface area contributed by atoms with Crippen LogP contribution < -0.4 is 10.6 Å². The van der Waals surface area contributed by atoms with Gasteiger partial charge in [-0.3, -0.25) is 10.1 Å². The SMILES string of the molecule is CSCCCNC(=O)Nc1nnc(C(=O)N2CCN(C(=O)OC(C)(C)C)CC2)cc1C(C)C. The van der Waals surface area contributed by atoms with E-state index >= 15 is 0 Å². The van der Waals surface area contributed by atoms with Crippen LogP contribution in [0.15, 0.2) is 6.07 Å². The maximum atomic E-state index is 13.0. The first-order valence-electron chi connectivity index (χ1n) is 11.2. The maximum absolute atomic E-state index is 13.0. The molecule has 11 heteroatoms. The summed E-state index contributed by atoms with van der Waals surface area (Å²) in [6.45, 7) is 11.5. The van der Waals surface area contributed by atoms with Crippen molar-refractivity contribution in [3.63, 3.8) is 0 Å². The van der Waals surface area contributed by atoms with Crippen LogP contribution in [0.4, 0.5) is 15.4 Å². The minimum absolute atomic E-state index is 0.0304. The maximum Gasteiger partial charge on any atom is 0.410 e. The van der Waals surface area contributed by atoms with Crippen molar-refractivity contribution in [3.05, 3.63) is 17.3 Å². The normalized spacial score (nSPS) is 14.3. The molecule has 1 aliphatic heterocycles. The molecule has 0 atom stereocenters. The van der Waals surface area contributed by atoms with E-state index in [4.69, 9.17) is 4.74 Å². The van der Waals surface area contributed by atoms with Crippen LogP contribution in [-0.4, -0.2) is 88.4 Å². The second-order valence-corrected chi connectivity index (χ2v) is 10.2. The number of carbonyl (C=O) groups is 3. The fraction of sp³-hybridized carbons (Fsp3) is 0.682. The number of anilines is 1. The Morgan fingerprint density at radius 3 is 2.33 bits per heavy atom. The largest absolute Gasteiger partial charge is 0.444 e. The van der Waals surface area contributed by atoms with Gasteiger partial charge >= 0.3 is 12.1 Å². The van der Waals surface area contributed by atoms with Crippen LogP contribution in [0, 0.1) is 0 Å². The number of rotatable bonds is 7. The molecule has 2 rings (SSSR count). The summed E-state index contributed by atoms with van der Waals surface area (Å²) in [5.74, 6) is 1.10. The second-order valence-electron chi connectivity index (χ2n) is 9.18. The van der Waals surface area contributed by atoms with Crippen molar-refractivity contribution in [2.45, 2.75) is 52.6 Å². The molecule has 1 aromatic rings. The quantitative estimate of drug-likeness (QED) is 0.576. The van der Waals surface area contributed by atoms with E-state index in [0.29, 0.717) is 38.5 Å². The second kappa shape index (κ2) is 12.1. The third kappa shape index (κ3) is 8.38. The van der Waals surface area contributed by atoms with Gasteiger partial charge in [0.1, 0.15) is 5.60 Å². The number of piperazine rings is 1. The molecule has 4 amide bonds. The summed E-state index contributed by atoms with van der Waals surface area (Å²) in [6, 6.07) is 1.34. The first-order chi connectivity index (χ1) is 15.5. The minimum atomic E-state index is -0.561. The van der Waals surface area contributed by atoms with Gasteiger partial charge in [-0.25, -0.2) is 9.59 Å². The number of carbonyl (C=O) groups excluding carboxylic acids is 3. The Bertz CT molecular complexity index is 835. The predicted molar refractivity (Wildman–Crippen MR) is 130 cm³/mol. The zero-order valence-corrected chi connectivity index (χ0v) is 21.3. The molecule has 0 radical (unpaired) electrons. The Hall–Kier alpha value is -2.56. The number of hydrogen-bond acceptors (Lipinski definition) is 7. The Morgan fingerprint density at radius 2 is 1.76 bits per heavy atom. The molecule has 1 fully saturated rings. The van der Waals surface area contributed by atoms with Crippen molar-refractivity contribution in [1.29, 1.82) is 0 Å². The van der Waals surface area contributed by atoms with E-state index in [1.807, 2.05) is 40.9 Å². The molecule has 10 nitrogen and oxygen atoms in total. The molecular formula is C22H36N6O4S. The highest BCUT2D eigenvalue weighted by atomic mass is 32.2. The van der Waals surface area contributed by atoms with Gasteiger partial charge in [0.25, 0.3) is 5.91 Å². The molecule has 0 aromatic carbocycles. The number of nitrogens with one attached hydrogen (secondary N) is 2. The summed E-state index contributed by atoms with van der Waals surface area (Å²) >= 11 is 1.73. The molecule has 0 aliphatic carbocycles. The lowest BCUT2D eigenvalue weighted by Crippen LogP contribution is -2.51. The van der Waals surface area contributed by atoms with E-state index < -0.39 is 5.60 Å². The van der Waals surface area contributed by atoms with Gasteiger partial charge < -0.3 is 19.9 Å². The number of nitrogens with zero attached hydrogens (tertiary/aromatic N) is 4. The standard InChI is InChI=1S/C22H36N6O4S/c1-15(2)16-14-17(25-26-18(16)24-20(30)23-8-7-13-33-6)19(29)27-9-11-28(12-10-27)21(31)32-22(3,4)5/h14-15H,7-13H2,1-6H3,(H2,23,24,26,30). The number of thioether (sulfide) groups is 1. The molecule has 1 saturated heterocycles. The monoisotopic (exact) mass is 480 g/mol. The van der Waals surface area contributed by atoms with E-state index in [1.54, 1.807) is 27.6 Å². The number of urea groups is 1. The van der Waals surface area contributed by atoms with E-state index in [2.05, 4.69) is 20.8 Å². The van der Waals surface area contributed by atoms with Gasteiger partial charge in [0.15, 0.2) is 11.5 Å². The fourth-order valence-electron chi connectivity index (χ4n) is 3.20. The van der Waals surface area contributed by atoms with Crippen LogP contribution in [0.5, 0.6) is 0 Å². The topological polar surface area (TPSA) is 117 Å². The lowest BCUT2D eigenvalue weighted by Gasteiger charge is -2.35. The third-order valence-electron chi connectivity index (χ3n) is 4.93. The zero-order chi connectivity index (χ0) is 24.6. The van der Waals surface area contributed by atoms with Gasteiger partial charge in [-0.15, -0.1) is 10.2 Å². The van der Waals surface area contributed by atoms with Gasteiger partial charge in [-0.05, 0) is 51.2 Å². The van der Waals surface area contributed by atoms with E-state index in [1.165, 1.54) is 0 Å². The lowest BCUT2D eigenvalue weighted by molar-refractivity contribution is 0.0140. The molecule has 2 heterocycles. The Morgan fingerprint density at radius 1 is 1.12 bits per heavy atom. The number of ether oxygens (including phenoxy) is 1. The molecule has 0 bridgehead atoms. The van der Waals surface area contributed by atoms with Crippen LogP contribution in [-0.2, 0) is 4.74 Å². The Balaban J connectivity index is 2.00. The average molecular weight is 481 g/mol. The highest BCUT2D eigenvalue weighted by Gasteiger charge is 2.29. The molecule has 1 aromatic heterocycles. The Labute approximate surface area is 200 Å². The highest BCUT2D eigenvalue weighted by molar-refractivity contribution is 7.98. The summed E-state index contributed by atoms with van der Waals surface area (Å²) in [4.78, 5) is 40.7. The van der Waals surface area contributed by atoms with Gasteiger partial charge in [-0.1, -0.05) is 13.8 Å². The summed E-state index contributed by atoms with van der Waals surface area (Å²) in [5, 5.41) is 13.7. The van der Waals surface area contributed by atoms with Crippen LogP contribution in [0.1, 0.15) is 63.0 Å². The number of amides is 4. The molecule has 33 heavy (non-hydrogen) atoms. The summed E-state index contributed by atoms with van der Waals surface area (Å²) in [5.41, 5.74) is 0.393. The molecule has 0 unspecified atom stereocenters. The van der Waals surface area contributed by atoms with Gasteiger partial charge in [0, 0.05) is 38.3 Å². The van der Waals surface area contributed by atoms with Gasteiger partial charge in [0.05, 0.1) is 0 Å². The number of aromatic nitrogens is 2. The molecular weight excluding hydrogens is 444 g/mol. The van der Waals surface area contributed by atoms with Crippen LogP contribution in [0.3, 0.4) is 0 Å². The van der Waals surface area contributed by atoms with Crippen molar-refractivity contribution in [2.75, 3.05) is 50.0 Å². The first kappa shape index (κ1) is 26.7. The van der Waals surface area contributed by atoms with E-state index in [9.17, 15) is 14.4 Å². The van der Waals surface area contributed by atoms with Crippen LogP contribution >= 0.6 is 11.8 Å². The highest BCUT2D eigenvalue weighted by Crippen LogP contribution is 2.23. The third-order valence-corrected chi connectivity index (χ3v) is 5.62. The summed E-state index contributed by atoms with van der Waals surface area (Å²) in [7, 11) is 0. The van der Waals surface area contributed by atoms with Crippen LogP contribution in [0.2, 0.25) is 0 Å². The summed E-state index contributed by atoms with van der Waals surface area (Å²) < 4.78 is 5.40. The first-order valence-corrected chi connectivity index (χ1v) is 12.6. The van der Waals surface area contributed by atoms with Crippen molar-refractivity contribution in [2.24, 2.45) is 0 Å². The minimum Gasteiger partial charge on any atom is -0.444 e. The van der Waals surface area contributed by atoms with Crippen molar-refractivity contribution < 1.29 is 19.1 Å². The van der Waals surface area contributed by atoms with Crippen molar-refractivity contribution in [3.8, 4) is 0 Å². The molecule has 0 spiro atoms.